The van der Waals surface area contributed by atoms with Gasteiger partial charge in [0.25, 0.3) is 5.91 Å². The number of rotatable bonds is 4. The summed E-state index contributed by atoms with van der Waals surface area (Å²) in [5.74, 6) is -2.35. The number of ether oxygens (including phenoxy) is 1. The standard InChI is InChI=1S/C26H40N4O8S/c1-25(2,3)38-24(35)27-19-10-8-6-4-5-7-9-16-14-26(16,23(34)29-39(36,37)18-11-12-18)28-21(32)20-13-17(31)15-30(20)22(19)33/h7,9,16-20,31H,4-6,8,10-15H2,1-3H3,(H,27,35)(H,28,32)(H,29,34)/b9-7-/t16-,17+,19-,20?,26+/m0/s1. The minimum Gasteiger partial charge on any atom is -0.444 e. The second-order valence-corrected chi connectivity index (χ2v) is 14.1. The van der Waals surface area contributed by atoms with Crippen molar-refractivity contribution >= 4 is 33.8 Å². The van der Waals surface area contributed by atoms with Gasteiger partial charge >= 0.3 is 6.09 Å². The van der Waals surface area contributed by atoms with Gasteiger partial charge in [-0.05, 0) is 59.3 Å². The number of allylic oxidation sites excluding steroid dienone is 1. The number of hydrogen-bond acceptors (Lipinski definition) is 8. The van der Waals surface area contributed by atoms with Crippen LogP contribution in [-0.4, -0.2) is 83.4 Å². The first-order chi connectivity index (χ1) is 18.2. The molecule has 0 aromatic carbocycles. The number of fused-ring (bicyclic) bond motifs is 2. The number of sulfonamides is 1. The maximum absolute atomic E-state index is 13.6. The van der Waals surface area contributed by atoms with E-state index in [1.807, 2.05) is 12.2 Å². The number of nitrogens with one attached hydrogen (secondary N) is 3. The number of amides is 4. The molecule has 1 unspecified atom stereocenters. The summed E-state index contributed by atoms with van der Waals surface area (Å²) in [5.41, 5.74) is -2.22. The summed E-state index contributed by atoms with van der Waals surface area (Å²) in [6.07, 6.45) is 6.46. The van der Waals surface area contributed by atoms with E-state index in [1.54, 1.807) is 20.8 Å². The van der Waals surface area contributed by atoms with E-state index in [-0.39, 0.29) is 19.4 Å². The topological polar surface area (TPSA) is 171 Å². The lowest BCUT2D eigenvalue weighted by Crippen LogP contribution is -2.58. The highest BCUT2D eigenvalue weighted by molar-refractivity contribution is 7.91. The third-order valence-corrected chi connectivity index (χ3v) is 9.37. The Labute approximate surface area is 229 Å². The van der Waals surface area contributed by atoms with Crippen LogP contribution in [0.2, 0.25) is 0 Å². The van der Waals surface area contributed by atoms with Crippen molar-refractivity contribution in [2.24, 2.45) is 5.92 Å². The second kappa shape index (κ2) is 11.1. The second-order valence-electron chi connectivity index (χ2n) is 12.1. The molecule has 4 amide bonds. The molecule has 13 heteroatoms. The van der Waals surface area contributed by atoms with E-state index in [0.29, 0.717) is 32.1 Å². The zero-order valence-electron chi connectivity index (χ0n) is 22.8. The van der Waals surface area contributed by atoms with Crippen LogP contribution in [0, 0.1) is 5.92 Å². The lowest BCUT2D eigenvalue weighted by molar-refractivity contribution is -0.141. The van der Waals surface area contributed by atoms with Gasteiger partial charge in [0, 0.05) is 18.9 Å². The Morgan fingerprint density at radius 2 is 1.87 bits per heavy atom. The van der Waals surface area contributed by atoms with Crippen molar-refractivity contribution in [1.29, 1.82) is 0 Å². The quantitative estimate of drug-likeness (QED) is 0.362. The summed E-state index contributed by atoms with van der Waals surface area (Å²) in [7, 11) is -3.83. The van der Waals surface area contributed by atoms with Crippen molar-refractivity contribution in [1.82, 2.24) is 20.3 Å². The van der Waals surface area contributed by atoms with Crippen LogP contribution in [0.1, 0.15) is 78.6 Å². The van der Waals surface area contributed by atoms with E-state index in [9.17, 15) is 32.7 Å². The summed E-state index contributed by atoms with van der Waals surface area (Å²) < 4.78 is 32.4. The van der Waals surface area contributed by atoms with Gasteiger partial charge < -0.3 is 25.4 Å². The van der Waals surface area contributed by atoms with E-state index >= 15 is 0 Å². The van der Waals surface area contributed by atoms with Crippen LogP contribution < -0.4 is 15.4 Å². The van der Waals surface area contributed by atoms with E-state index in [0.717, 1.165) is 12.8 Å². The lowest BCUT2D eigenvalue weighted by atomic mass is 10.0. The molecule has 0 bridgehead atoms. The van der Waals surface area contributed by atoms with Crippen molar-refractivity contribution in [2.75, 3.05) is 6.54 Å². The molecule has 1 saturated heterocycles. The Kier molecular flexibility index (Phi) is 8.32. The van der Waals surface area contributed by atoms with E-state index < -0.39 is 74.3 Å². The number of aliphatic hydroxyl groups is 1. The van der Waals surface area contributed by atoms with Crippen molar-refractivity contribution in [3.63, 3.8) is 0 Å². The highest BCUT2D eigenvalue weighted by Crippen LogP contribution is 2.46. The molecule has 4 rings (SSSR count). The third-order valence-electron chi connectivity index (χ3n) is 7.55. The molecule has 3 fully saturated rings. The molecule has 2 aliphatic heterocycles. The van der Waals surface area contributed by atoms with Crippen LogP contribution in [0.3, 0.4) is 0 Å². The fraction of sp³-hybridized carbons (Fsp3) is 0.769. The first kappa shape index (κ1) is 29.3. The first-order valence-corrected chi connectivity index (χ1v) is 15.3. The fourth-order valence-corrected chi connectivity index (χ4v) is 6.59. The van der Waals surface area contributed by atoms with Crippen LogP contribution in [0.4, 0.5) is 4.79 Å². The van der Waals surface area contributed by atoms with Crippen molar-refractivity contribution in [3.8, 4) is 0 Å². The van der Waals surface area contributed by atoms with Gasteiger partial charge in [0.1, 0.15) is 23.2 Å². The minimum absolute atomic E-state index is 0.0463. The van der Waals surface area contributed by atoms with Gasteiger partial charge in [0.2, 0.25) is 21.8 Å². The smallest absolute Gasteiger partial charge is 0.408 e. The minimum atomic E-state index is -3.83. The van der Waals surface area contributed by atoms with Crippen LogP contribution in [-0.2, 0) is 29.1 Å². The first-order valence-electron chi connectivity index (χ1n) is 13.7. The van der Waals surface area contributed by atoms with Crippen molar-refractivity contribution in [2.45, 2.75) is 113 Å². The maximum Gasteiger partial charge on any atom is 0.408 e. The molecule has 0 spiro atoms. The zero-order chi connectivity index (χ0) is 28.6. The molecule has 0 aromatic heterocycles. The van der Waals surface area contributed by atoms with Gasteiger partial charge in [-0.3, -0.25) is 19.1 Å². The number of alkyl carbamates (subject to hydrolysis) is 1. The molecule has 2 heterocycles. The molecule has 5 atom stereocenters. The zero-order valence-corrected chi connectivity index (χ0v) is 23.6. The molecule has 0 aromatic rings. The van der Waals surface area contributed by atoms with Crippen LogP contribution in [0.25, 0.3) is 0 Å². The Morgan fingerprint density at radius 3 is 2.54 bits per heavy atom. The van der Waals surface area contributed by atoms with Crippen molar-refractivity contribution in [3.05, 3.63) is 12.2 Å². The van der Waals surface area contributed by atoms with Gasteiger partial charge in [-0.2, -0.15) is 0 Å². The van der Waals surface area contributed by atoms with Crippen molar-refractivity contribution < 1.29 is 37.4 Å². The number of aliphatic hydroxyl groups excluding tert-OH is 1. The van der Waals surface area contributed by atoms with E-state index in [4.69, 9.17) is 4.74 Å². The summed E-state index contributed by atoms with van der Waals surface area (Å²) in [4.78, 5) is 54.1. The van der Waals surface area contributed by atoms with Gasteiger partial charge in [0.05, 0.1) is 11.4 Å². The molecule has 2 aliphatic carbocycles. The van der Waals surface area contributed by atoms with Gasteiger partial charge in [-0.25, -0.2) is 13.2 Å². The number of nitrogens with zero attached hydrogens (tertiary/aromatic N) is 1. The average Bonchev–Trinajstić information content (AvgIpc) is 3.73. The normalized spacial score (nSPS) is 33.0. The molecular weight excluding hydrogens is 528 g/mol. The highest BCUT2D eigenvalue weighted by Gasteiger charge is 2.62. The van der Waals surface area contributed by atoms with E-state index in [1.165, 1.54) is 4.90 Å². The van der Waals surface area contributed by atoms with Gasteiger partial charge in [-0.1, -0.05) is 25.0 Å². The molecule has 39 heavy (non-hydrogen) atoms. The Bertz CT molecular complexity index is 1130. The highest BCUT2D eigenvalue weighted by atomic mass is 32.2. The monoisotopic (exact) mass is 568 g/mol. The fourth-order valence-electron chi connectivity index (χ4n) is 5.23. The molecule has 12 nitrogen and oxygen atoms in total. The van der Waals surface area contributed by atoms with Crippen LogP contribution in [0.5, 0.6) is 0 Å². The molecule has 4 N–H and O–H groups in total. The molecule has 218 valence electrons. The molecular formula is C26H40N4O8S. The summed E-state index contributed by atoms with van der Waals surface area (Å²) in [5, 5.41) is 15.2. The van der Waals surface area contributed by atoms with E-state index in [2.05, 4.69) is 15.4 Å². The average molecular weight is 569 g/mol. The summed E-state index contributed by atoms with van der Waals surface area (Å²) in [6, 6.07) is -2.05. The van der Waals surface area contributed by atoms with Gasteiger partial charge in [-0.15, -0.1) is 0 Å². The summed E-state index contributed by atoms with van der Waals surface area (Å²) in [6.45, 7) is 5.02. The summed E-state index contributed by atoms with van der Waals surface area (Å²) >= 11 is 0. The molecule has 0 radical (unpaired) electrons. The predicted molar refractivity (Wildman–Crippen MR) is 141 cm³/mol. The molecule has 4 aliphatic rings. The number of carbonyl (C=O) groups is 4. The Hall–Kier alpha value is -2.67. The number of carbonyl (C=O) groups excluding carboxylic acids is 4. The predicted octanol–water partition coefficient (Wildman–Crippen LogP) is 0.845. The Balaban J connectivity index is 1.57. The lowest BCUT2D eigenvalue weighted by Gasteiger charge is -2.30. The maximum atomic E-state index is 13.6. The third kappa shape index (κ3) is 7.10. The van der Waals surface area contributed by atoms with Crippen LogP contribution in [0.15, 0.2) is 12.2 Å². The van der Waals surface area contributed by atoms with Gasteiger partial charge in [0.15, 0.2) is 0 Å². The SMILES string of the molecule is CC(C)(C)OC(=O)N[C@H]1CCCCC/C=C\[C@H]2C[C@@]2(C(=O)NS(=O)(=O)C2CC2)NC(=O)C2C[C@@H](O)CN2C1=O. The molecule has 2 saturated carbocycles. The Morgan fingerprint density at radius 1 is 1.15 bits per heavy atom. The number of hydrogen-bond donors (Lipinski definition) is 4. The van der Waals surface area contributed by atoms with Crippen LogP contribution >= 0.6 is 0 Å². The largest absolute Gasteiger partial charge is 0.444 e.